The number of nitrogens with one attached hydrogen (secondary N) is 1. The Morgan fingerprint density at radius 3 is 2.60 bits per heavy atom. The van der Waals surface area contributed by atoms with Gasteiger partial charge in [-0.25, -0.2) is 0 Å². The van der Waals surface area contributed by atoms with E-state index in [1.807, 2.05) is 6.07 Å². The first kappa shape index (κ1) is 16.4. The van der Waals surface area contributed by atoms with E-state index in [1.54, 1.807) is 18.2 Å². The van der Waals surface area contributed by atoms with Crippen molar-refractivity contribution >= 4 is 40.1 Å². The molecule has 3 aromatic rings. The number of aromatic nitrogens is 1. The van der Waals surface area contributed by atoms with E-state index in [4.69, 9.17) is 11.6 Å². The molecule has 2 aromatic carbocycles. The number of nitrogens with zero attached hydrogens (tertiary/aromatic N) is 2. The highest BCUT2D eigenvalue weighted by Gasteiger charge is 2.17. The van der Waals surface area contributed by atoms with Crippen LogP contribution in [-0.2, 0) is 0 Å². The molecule has 1 aromatic heterocycles. The second-order valence-corrected chi connectivity index (χ2v) is 5.68. The monoisotopic (exact) mass is 351 g/mol. The topological polar surface area (TPSA) is 99.8 Å². The van der Waals surface area contributed by atoms with Gasteiger partial charge in [0.2, 0.25) is 5.78 Å². The Hall–Kier alpha value is -3.43. The van der Waals surface area contributed by atoms with Gasteiger partial charge in [-0.2, -0.15) is 5.26 Å². The SMILES string of the molecule is N#CC(=Cc1ccc([N+](=O)[O-])cc1)C(=O)c1c[nH]c2cc(Cl)ccc12. The molecule has 0 aliphatic rings. The molecule has 7 heteroatoms. The lowest BCUT2D eigenvalue weighted by atomic mass is 10.0. The summed E-state index contributed by atoms with van der Waals surface area (Å²) in [6, 6.07) is 12.6. The molecule has 122 valence electrons. The van der Waals surface area contributed by atoms with Crippen molar-refractivity contribution < 1.29 is 9.72 Å². The zero-order chi connectivity index (χ0) is 18.0. The lowest BCUT2D eigenvalue weighted by Crippen LogP contribution is -2.01. The van der Waals surface area contributed by atoms with Crippen molar-refractivity contribution in [3.05, 3.63) is 80.5 Å². The van der Waals surface area contributed by atoms with Gasteiger partial charge in [0.05, 0.1) is 4.92 Å². The number of carbonyl (C=O) groups is 1. The second-order valence-electron chi connectivity index (χ2n) is 5.24. The van der Waals surface area contributed by atoms with Gasteiger partial charge in [0.15, 0.2) is 0 Å². The molecule has 0 radical (unpaired) electrons. The first-order chi connectivity index (χ1) is 12.0. The third-order valence-corrected chi connectivity index (χ3v) is 3.90. The van der Waals surface area contributed by atoms with Crippen molar-refractivity contribution in [2.45, 2.75) is 0 Å². The number of carbonyl (C=O) groups excluding carboxylic acids is 1. The molecule has 0 fully saturated rings. The van der Waals surface area contributed by atoms with Crippen LogP contribution in [0.2, 0.25) is 5.02 Å². The van der Waals surface area contributed by atoms with Crippen molar-refractivity contribution in [1.82, 2.24) is 4.98 Å². The Labute approximate surface area is 147 Å². The summed E-state index contributed by atoms with van der Waals surface area (Å²) >= 11 is 5.92. The molecular weight excluding hydrogens is 342 g/mol. The maximum absolute atomic E-state index is 12.7. The number of fused-ring (bicyclic) bond motifs is 1. The molecule has 25 heavy (non-hydrogen) atoms. The van der Waals surface area contributed by atoms with Crippen LogP contribution in [0.3, 0.4) is 0 Å². The number of hydrogen-bond donors (Lipinski definition) is 1. The summed E-state index contributed by atoms with van der Waals surface area (Å²) in [5.41, 5.74) is 1.46. The van der Waals surface area contributed by atoms with E-state index in [9.17, 15) is 20.2 Å². The van der Waals surface area contributed by atoms with Crippen LogP contribution in [0.1, 0.15) is 15.9 Å². The number of nitro groups is 1. The predicted molar refractivity (Wildman–Crippen MR) is 94.3 cm³/mol. The number of allylic oxidation sites excluding steroid dienone is 1. The highest BCUT2D eigenvalue weighted by atomic mass is 35.5. The molecule has 1 heterocycles. The Morgan fingerprint density at radius 2 is 1.96 bits per heavy atom. The Kier molecular flexibility index (Phi) is 4.33. The van der Waals surface area contributed by atoms with E-state index in [0.29, 0.717) is 27.1 Å². The van der Waals surface area contributed by atoms with Crippen LogP contribution >= 0.6 is 11.6 Å². The van der Waals surface area contributed by atoms with Crippen LogP contribution in [0.4, 0.5) is 5.69 Å². The van der Waals surface area contributed by atoms with Crippen molar-refractivity contribution in [3.63, 3.8) is 0 Å². The lowest BCUT2D eigenvalue weighted by Gasteiger charge is -1.99. The third kappa shape index (κ3) is 3.27. The fourth-order valence-corrected chi connectivity index (χ4v) is 2.61. The minimum atomic E-state index is -0.513. The van der Waals surface area contributed by atoms with Crippen molar-refractivity contribution in [3.8, 4) is 6.07 Å². The highest BCUT2D eigenvalue weighted by molar-refractivity contribution is 6.31. The fraction of sp³-hybridized carbons (Fsp3) is 0. The molecule has 1 N–H and O–H groups in total. The largest absolute Gasteiger partial charge is 0.360 e. The van der Waals surface area contributed by atoms with Gasteiger partial charge in [-0.1, -0.05) is 17.7 Å². The molecule has 0 unspecified atom stereocenters. The van der Waals surface area contributed by atoms with Gasteiger partial charge in [-0.3, -0.25) is 14.9 Å². The van der Waals surface area contributed by atoms with Crippen LogP contribution < -0.4 is 0 Å². The summed E-state index contributed by atoms with van der Waals surface area (Å²) in [6.45, 7) is 0. The van der Waals surface area contributed by atoms with Gasteiger partial charge in [-0.15, -0.1) is 0 Å². The van der Waals surface area contributed by atoms with Gasteiger partial charge in [0, 0.05) is 39.8 Å². The van der Waals surface area contributed by atoms with Gasteiger partial charge < -0.3 is 4.98 Å². The van der Waals surface area contributed by atoms with Gasteiger partial charge in [0.1, 0.15) is 11.6 Å². The van der Waals surface area contributed by atoms with Crippen molar-refractivity contribution in [2.24, 2.45) is 0 Å². The Balaban J connectivity index is 1.98. The summed E-state index contributed by atoms with van der Waals surface area (Å²) in [5, 5.41) is 21.2. The summed E-state index contributed by atoms with van der Waals surface area (Å²) in [4.78, 5) is 25.8. The molecule has 0 amide bonds. The molecule has 0 saturated heterocycles. The zero-order valence-corrected chi connectivity index (χ0v) is 13.4. The molecule has 0 atom stereocenters. The standard InChI is InChI=1S/C18H10ClN3O3/c19-13-3-6-15-16(10-21-17(15)8-13)18(23)12(9-20)7-11-1-4-14(5-2-11)22(24)25/h1-8,10,21H. The number of ketones is 1. The van der Waals surface area contributed by atoms with Crippen molar-refractivity contribution in [2.75, 3.05) is 0 Å². The van der Waals surface area contributed by atoms with Crippen LogP contribution in [0.15, 0.2) is 54.2 Å². The number of hydrogen-bond acceptors (Lipinski definition) is 4. The van der Waals surface area contributed by atoms with Crippen LogP contribution in [0.5, 0.6) is 0 Å². The second kappa shape index (κ2) is 6.59. The Morgan fingerprint density at radius 1 is 1.24 bits per heavy atom. The number of Topliss-reactive ketones (excluding diaryl/α,β-unsaturated/α-hetero) is 1. The van der Waals surface area contributed by atoms with E-state index >= 15 is 0 Å². The van der Waals surface area contributed by atoms with E-state index < -0.39 is 10.7 Å². The lowest BCUT2D eigenvalue weighted by molar-refractivity contribution is -0.384. The van der Waals surface area contributed by atoms with Gasteiger partial charge in [-0.05, 0) is 35.9 Å². The highest BCUT2D eigenvalue weighted by Crippen LogP contribution is 2.24. The smallest absolute Gasteiger partial charge is 0.269 e. The molecular formula is C18H10ClN3O3. The molecule has 0 saturated carbocycles. The average Bonchev–Trinajstić information content (AvgIpc) is 3.02. The van der Waals surface area contributed by atoms with Crippen LogP contribution in [-0.4, -0.2) is 15.7 Å². The molecule has 0 aliphatic carbocycles. The minimum Gasteiger partial charge on any atom is -0.360 e. The van der Waals surface area contributed by atoms with Crippen molar-refractivity contribution in [1.29, 1.82) is 5.26 Å². The first-order valence-corrected chi connectivity index (χ1v) is 7.55. The van der Waals surface area contributed by atoms with Crippen LogP contribution in [0, 0.1) is 21.4 Å². The molecule has 6 nitrogen and oxygen atoms in total. The number of aromatic amines is 1. The van der Waals surface area contributed by atoms with Gasteiger partial charge >= 0.3 is 0 Å². The molecule has 3 rings (SSSR count). The number of non-ortho nitro benzene ring substituents is 1. The van der Waals surface area contributed by atoms with Gasteiger partial charge in [0.25, 0.3) is 5.69 Å². The minimum absolute atomic E-state index is 0.0597. The molecule has 0 aliphatic heterocycles. The van der Waals surface area contributed by atoms with E-state index in [0.717, 1.165) is 0 Å². The molecule has 0 spiro atoms. The number of nitro benzene ring substituents is 1. The Bertz CT molecular complexity index is 1060. The molecule has 0 bridgehead atoms. The summed E-state index contributed by atoms with van der Waals surface area (Å²) in [7, 11) is 0. The van der Waals surface area contributed by atoms with E-state index in [-0.39, 0.29) is 11.3 Å². The average molecular weight is 352 g/mol. The number of nitriles is 1. The first-order valence-electron chi connectivity index (χ1n) is 7.17. The quantitative estimate of drug-likeness (QED) is 0.245. The summed E-state index contributed by atoms with van der Waals surface area (Å²) < 4.78 is 0. The zero-order valence-electron chi connectivity index (χ0n) is 12.7. The maximum Gasteiger partial charge on any atom is 0.269 e. The maximum atomic E-state index is 12.7. The number of rotatable bonds is 4. The van der Waals surface area contributed by atoms with Crippen LogP contribution in [0.25, 0.3) is 17.0 Å². The fourth-order valence-electron chi connectivity index (χ4n) is 2.44. The third-order valence-electron chi connectivity index (χ3n) is 3.67. The van der Waals surface area contributed by atoms with E-state index in [2.05, 4.69) is 4.98 Å². The summed E-state index contributed by atoms with van der Waals surface area (Å²) in [6.07, 6.45) is 2.94. The normalized spacial score (nSPS) is 11.3. The number of halogens is 1. The predicted octanol–water partition coefficient (Wildman–Crippen LogP) is 4.52. The summed E-state index contributed by atoms with van der Waals surface area (Å²) in [5.74, 6) is -0.436. The van der Waals surface area contributed by atoms with E-state index in [1.165, 1.54) is 36.5 Å². The number of H-pyrrole nitrogens is 1. The number of benzene rings is 2.